The summed E-state index contributed by atoms with van der Waals surface area (Å²) in [6.45, 7) is 2.36. The van der Waals surface area contributed by atoms with Crippen molar-refractivity contribution in [2.24, 2.45) is 7.05 Å². The number of hydrogen-bond donors (Lipinski definition) is 0. The van der Waals surface area contributed by atoms with E-state index in [0.717, 1.165) is 39.9 Å². The van der Waals surface area contributed by atoms with Gasteiger partial charge in [-0.2, -0.15) is 18.4 Å². The van der Waals surface area contributed by atoms with E-state index in [-0.39, 0.29) is 11.3 Å². The van der Waals surface area contributed by atoms with Crippen molar-refractivity contribution in [3.05, 3.63) is 82.3 Å². The van der Waals surface area contributed by atoms with Crippen molar-refractivity contribution in [1.29, 1.82) is 5.26 Å². The molecule has 0 N–H and O–H groups in total. The predicted molar refractivity (Wildman–Crippen MR) is 119 cm³/mol. The number of fused-ring (bicyclic) bond motifs is 1. The Hall–Kier alpha value is -3.99. The van der Waals surface area contributed by atoms with Crippen LogP contribution in [0.1, 0.15) is 17.5 Å². The van der Waals surface area contributed by atoms with Crippen LogP contribution in [0.15, 0.2) is 65.6 Å². The number of nitrogens with zero attached hydrogens (tertiary/aromatic N) is 3. The highest BCUT2D eigenvalue weighted by molar-refractivity contribution is 5.93. The largest absolute Gasteiger partial charge is 0.457 e. The quantitative estimate of drug-likeness (QED) is 0.372. The van der Waals surface area contributed by atoms with Crippen molar-refractivity contribution in [2.45, 2.75) is 26.1 Å². The molecule has 4 rings (SSSR count). The van der Waals surface area contributed by atoms with Crippen LogP contribution >= 0.6 is 0 Å². The maximum atomic E-state index is 12.8. The molecule has 0 aliphatic rings. The maximum Gasteiger partial charge on any atom is 0.416 e. The lowest BCUT2D eigenvalue weighted by molar-refractivity contribution is -0.137. The molecule has 8 heteroatoms. The lowest BCUT2D eigenvalue weighted by atomic mass is 10.0. The first-order valence-corrected chi connectivity index (χ1v) is 10.2. The van der Waals surface area contributed by atoms with Gasteiger partial charge in [-0.3, -0.25) is 4.79 Å². The summed E-state index contributed by atoms with van der Waals surface area (Å²) in [6.07, 6.45) is -2.19. The maximum absolute atomic E-state index is 12.8. The van der Waals surface area contributed by atoms with Crippen LogP contribution in [-0.4, -0.2) is 9.13 Å². The van der Waals surface area contributed by atoms with Crippen molar-refractivity contribution >= 4 is 11.0 Å². The third kappa shape index (κ3) is 4.48. The standard InChI is InChI=1S/C25H20F3N3O2/c1-16-12-17(14-20(13-16)33-19-6-4-18(5-7-19)25(26,27)28)21-15-31(11-3-10-29)22-8-9-23(32)30(2)24(21)22/h4-9,12-15H,3,11H2,1-2H3. The van der Waals surface area contributed by atoms with Gasteiger partial charge < -0.3 is 13.9 Å². The van der Waals surface area contributed by atoms with E-state index in [1.165, 1.54) is 18.2 Å². The highest BCUT2D eigenvalue weighted by Crippen LogP contribution is 2.35. The molecule has 0 bridgehead atoms. The monoisotopic (exact) mass is 451 g/mol. The zero-order chi connectivity index (χ0) is 23.8. The number of alkyl halides is 3. The second-order valence-electron chi connectivity index (χ2n) is 7.77. The van der Waals surface area contributed by atoms with Crippen LogP contribution in [0.25, 0.3) is 22.2 Å². The minimum Gasteiger partial charge on any atom is -0.457 e. The van der Waals surface area contributed by atoms with Crippen molar-refractivity contribution in [3.8, 4) is 28.7 Å². The van der Waals surface area contributed by atoms with Gasteiger partial charge in [0, 0.05) is 31.4 Å². The lowest BCUT2D eigenvalue weighted by Crippen LogP contribution is -2.15. The van der Waals surface area contributed by atoms with Crippen molar-refractivity contribution in [3.63, 3.8) is 0 Å². The summed E-state index contributed by atoms with van der Waals surface area (Å²) in [5.74, 6) is 0.743. The van der Waals surface area contributed by atoms with Gasteiger partial charge in [-0.25, -0.2) is 0 Å². The van der Waals surface area contributed by atoms with Crippen molar-refractivity contribution < 1.29 is 17.9 Å². The number of aryl methyl sites for hydroxylation is 3. The number of halogens is 3. The van der Waals surface area contributed by atoms with Crippen LogP contribution in [0, 0.1) is 18.3 Å². The van der Waals surface area contributed by atoms with E-state index in [4.69, 9.17) is 10.00 Å². The Bertz CT molecular complexity index is 1430. The van der Waals surface area contributed by atoms with Crippen LogP contribution < -0.4 is 10.3 Å². The molecular weight excluding hydrogens is 431 g/mol. The summed E-state index contributed by atoms with van der Waals surface area (Å²) < 4.78 is 47.8. The SMILES string of the molecule is Cc1cc(Oc2ccc(C(F)(F)F)cc2)cc(-c2cn(CCC#N)c3ccc(=O)n(C)c23)c1. The van der Waals surface area contributed by atoms with Gasteiger partial charge in [0.25, 0.3) is 5.56 Å². The van der Waals surface area contributed by atoms with Crippen molar-refractivity contribution in [1.82, 2.24) is 9.13 Å². The van der Waals surface area contributed by atoms with E-state index >= 15 is 0 Å². The fourth-order valence-corrected chi connectivity index (χ4v) is 3.84. The van der Waals surface area contributed by atoms with Gasteiger partial charge in [0.05, 0.1) is 29.1 Å². The van der Waals surface area contributed by atoms with Crippen molar-refractivity contribution in [2.75, 3.05) is 0 Å². The molecule has 0 radical (unpaired) electrons. The Balaban J connectivity index is 1.77. The topological polar surface area (TPSA) is 60.0 Å². The van der Waals surface area contributed by atoms with Gasteiger partial charge in [0.2, 0.25) is 0 Å². The Morgan fingerprint density at radius 1 is 1.03 bits per heavy atom. The van der Waals surface area contributed by atoms with Gasteiger partial charge in [-0.15, -0.1) is 0 Å². The molecule has 0 aliphatic heterocycles. The molecular formula is C25H20F3N3O2. The zero-order valence-corrected chi connectivity index (χ0v) is 18.0. The molecule has 0 aliphatic carbocycles. The molecule has 168 valence electrons. The first kappa shape index (κ1) is 22.2. The summed E-state index contributed by atoms with van der Waals surface area (Å²) in [5, 5.41) is 9.00. The number of aromatic nitrogens is 2. The third-order valence-corrected chi connectivity index (χ3v) is 5.39. The smallest absolute Gasteiger partial charge is 0.416 e. The minimum absolute atomic E-state index is 0.157. The van der Waals surface area contributed by atoms with Crippen LogP contribution in [0.3, 0.4) is 0 Å². The fourth-order valence-electron chi connectivity index (χ4n) is 3.84. The number of nitriles is 1. The summed E-state index contributed by atoms with van der Waals surface area (Å²) in [6, 6.07) is 15.4. The molecule has 2 aromatic carbocycles. The second kappa shape index (κ2) is 8.51. The Labute approximate surface area is 187 Å². The molecule has 0 saturated heterocycles. The summed E-state index contributed by atoms with van der Waals surface area (Å²) >= 11 is 0. The highest BCUT2D eigenvalue weighted by atomic mass is 19.4. The van der Waals surface area contributed by atoms with Gasteiger partial charge >= 0.3 is 6.18 Å². The Morgan fingerprint density at radius 2 is 1.76 bits per heavy atom. The Morgan fingerprint density at radius 3 is 2.42 bits per heavy atom. The molecule has 0 atom stereocenters. The first-order chi connectivity index (χ1) is 15.7. The van der Waals surface area contributed by atoms with Gasteiger partial charge in [-0.05, 0) is 60.5 Å². The summed E-state index contributed by atoms with van der Waals surface area (Å²) in [4.78, 5) is 12.3. The summed E-state index contributed by atoms with van der Waals surface area (Å²) in [5.41, 5.74) is 3.12. The predicted octanol–water partition coefficient (Wildman–Crippen LogP) is 6.04. The molecule has 2 aromatic heterocycles. The highest BCUT2D eigenvalue weighted by Gasteiger charge is 2.30. The Kier molecular flexibility index (Phi) is 5.73. The first-order valence-electron chi connectivity index (χ1n) is 10.2. The fraction of sp³-hybridized carbons (Fsp3) is 0.200. The third-order valence-electron chi connectivity index (χ3n) is 5.39. The van der Waals surface area contributed by atoms with E-state index < -0.39 is 11.7 Å². The number of hydrogen-bond acceptors (Lipinski definition) is 3. The molecule has 4 aromatic rings. The van der Waals surface area contributed by atoms with Crippen LogP contribution in [-0.2, 0) is 19.8 Å². The second-order valence-corrected chi connectivity index (χ2v) is 7.77. The molecule has 0 saturated carbocycles. The van der Waals surface area contributed by atoms with E-state index in [1.807, 2.05) is 23.8 Å². The molecule has 5 nitrogen and oxygen atoms in total. The number of pyridine rings is 1. The van der Waals surface area contributed by atoms with Crippen LogP contribution in [0.5, 0.6) is 11.5 Å². The lowest BCUT2D eigenvalue weighted by Gasteiger charge is -2.11. The molecule has 0 fully saturated rings. The molecule has 0 spiro atoms. The number of rotatable bonds is 5. The molecule has 33 heavy (non-hydrogen) atoms. The normalized spacial score (nSPS) is 11.5. The number of benzene rings is 2. The minimum atomic E-state index is -4.41. The zero-order valence-electron chi connectivity index (χ0n) is 18.0. The number of ether oxygens (including phenoxy) is 1. The van der Waals surface area contributed by atoms with Crippen LogP contribution in [0.2, 0.25) is 0 Å². The van der Waals surface area contributed by atoms with E-state index in [1.54, 1.807) is 29.8 Å². The van der Waals surface area contributed by atoms with Gasteiger partial charge in [-0.1, -0.05) is 6.07 Å². The molecule has 0 amide bonds. The molecule has 0 unspecified atom stereocenters. The average molecular weight is 451 g/mol. The van der Waals surface area contributed by atoms with Gasteiger partial charge in [0.15, 0.2) is 0 Å². The van der Waals surface area contributed by atoms with Gasteiger partial charge in [0.1, 0.15) is 11.5 Å². The average Bonchev–Trinajstić information content (AvgIpc) is 3.13. The molecule has 2 heterocycles. The van der Waals surface area contributed by atoms with E-state index in [9.17, 15) is 18.0 Å². The summed E-state index contributed by atoms with van der Waals surface area (Å²) in [7, 11) is 1.69. The van der Waals surface area contributed by atoms with E-state index in [0.29, 0.717) is 18.7 Å². The van der Waals surface area contributed by atoms with E-state index in [2.05, 4.69) is 6.07 Å². The van der Waals surface area contributed by atoms with Crippen LogP contribution in [0.4, 0.5) is 13.2 Å².